The fourth-order valence-electron chi connectivity index (χ4n) is 2.93. The topological polar surface area (TPSA) is 77.1 Å². The Balaban J connectivity index is 2.30. The second-order valence-corrected chi connectivity index (χ2v) is 6.52. The average molecular weight is 353 g/mol. The van der Waals surface area contributed by atoms with Gasteiger partial charge in [-0.05, 0) is 6.92 Å². The number of aryl methyl sites for hydroxylation is 1. The second-order valence-electron chi connectivity index (χ2n) is 5.93. The minimum absolute atomic E-state index is 0.345. The molecule has 0 aliphatic carbocycles. The molecule has 1 fully saturated rings. The summed E-state index contributed by atoms with van der Waals surface area (Å²) in [5.41, 5.74) is 0.0928. The van der Waals surface area contributed by atoms with Gasteiger partial charge in [0.1, 0.15) is 0 Å². The zero-order valence-corrected chi connectivity index (χ0v) is 14.8. The van der Waals surface area contributed by atoms with Crippen molar-refractivity contribution in [3.8, 4) is 0 Å². The molecule has 2 aromatic heterocycles. The Morgan fingerprint density at radius 1 is 1.25 bits per heavy atom. The standard InChI is InChI=1S/C15H21ClN6O2/c1-10(16)4-7-22-11-12(19(2)15(24)20(3)13(11)23)18-14(22)21-8-5-17-6-9-21/h4,17H,5-9H2,1-3H3/b10-4+. The van der Waals surface area contributed by atoms with E-state index >= 15 is 0 Å². The summed E-state index contributed by atoms with van der Waals surface area (Å²) < 4.78 is 4.36. The van der Waals surface area contributed by atoms with Crippen molar-refractivity contribution in [2.24, 2.45) is 14.1 Å². The molecule has 1 aliphatic rings. The molecule has 0 spiro atoms. The molecule has 0 unspecified atom stereocenters. The van der Waals surface area contributed by atoms with E-state index in [4.69, 9.17) is 11.6 Å². The van der Waals surface area contributed by atoms with Crippen LogP contribution in [0.5, 0.6) is 0 Å². The van der Waals surface area contributed by atoms with Crippen LogP contribution in [0.25, 0.3) is 11.2 Å². The van der Waals surface area contributed by atoms with Crippen molar-refractivity contribution >= 4 is 28.7 Å². The van der Waals surface area contributed by atoms with Gasteiger partial charge in [-0.15, -0.1) is 0 Å². The van der Waals surface area contributed by atoms with E-state index < -0.39 is 0 Å². The highest BCUT2D eigenvalue weighted by Crippen LogP contribution is 2.20. The number of rotatable bonds is 3. The van der Waals surface area contributed by atoms with Gasteiger partial charge in [-0.3, -0.25) is 13.9 Å². The first-order valence-electron chi connectivity index (χ1n) is 7.86. The van der Waals surface area contributed by atoms with E-state index in [9.17, 15) is 9.59 Å². The van der Waals surface area contributed by atoms with Crippen LogP contribution in [0.3, 0.4) is 0 Å². The molecule has 3 heterocycles. The number of nitrogens with zero attached hydrogens (tertiary/aromatic N) is 5. The zero-order chi connectivity index (χ0) is 17.4. The van der Waals surface area contributed by atoms with E-state index in [2.05, 4.69) is 15.2 Å². The summed E-state index contributed by atoms with van der Waals surface area (Å²) in [4.78, 5) is 31.6. The van der Waals surface area contributed by atoms with Crippen molar-refractivity contribution in [2.75, 3.05) is 31.1 Å². The highest BCUT2D eigenvalue weighted by Gasteiger charge is 2.23. The number of aromatic nitrogens is 4. The molecule has 2 aromatic rings. The Morgan fingerprint density at radius 2 is 1.92 bits per heavy atom. The SMILES string of the molecule is C/C(Cl)=C\Cn1c(N2CCNCC2)nc2c1c(=O)n(C)c(=O)n2C. The normalized spacial score (nSPS) is 16.2. The molecular formula is C15H21ClN6O2. The van der Waals surface area contributed by atoms with Gasteiger partial charge in [-0.2, -0.15) is 4.98 Å². The fraction of sp³-hybridized carbons (Fsp3) is 0.533. The van der Waals surface area contributed by atoms with E-state index in [-0.39, 0.29) is 11.2 Å². The lowest BCUT2D eigenvalue weighted by molar-refractivity contribution is 0.572. The molecule has 1 saturated heterocycles. The number of anilines is 1. The Labute approximate surface area is 144 Å². The molecule has 9 heteroatoms. The number of imidazole rings is 1. The van der Waals surface area contributed by atoms with Crippen molar-refractivity contribution in [1.29, 1.82) is 0 Å². The third-order valence-corrected chi connectivity index (χ3v) is 4.44. The van der Waals surface area contributed by atoms with Gasteiger partial charge < -0.3 is 14.8 Å². The quantitative estimate of drug-likeness (QED) is 0.840. The van der Waals surface area contributed by atoms with Crippen LogP contribution in [0.1, 0.15) is 6.92 Å². The largest absolute Gasteiger partial charge is 0.340 e. The third kappa shape index (κ3) is 2.76. The van der Waals surface area contributed by atoms with Gasteiger partial charge in [0, 0.05) is 51.9 Å². The number of fused-ring (bicyclic) bond motifs is 1. The lowest BCUT2D eigenvalue weighted by atomic mass is 10.4. The van der Waals surface area contributed by atoms with Crippen molar-refractivity contribution in [3.63, 3.8) is 0 Å². The van der Waals surface area contributed by atoms with Crippen LogP contribution in [0, 0.1) is 0 Å². The summed E-state index contributed by atoms with van der Waals surface area (Å²) in [7, 11) is 3.11. The molecule has 0 aromatic carbocycles. The molecule has 0 radical (unpaired) electrons. The summed E-state index contributed by atoms with van der Waals surface area (Å²) in [5, 5.41) is 3.94. The molecule has 1 aliphatic heterocycles. The molecular weight excluding hydrogens is 332 g/mol. The Hall–Kier alpha value is -2.06. The van der Waals surface area contributed by atoms with Crippen molar-refractivity contribution in [2.45, 2.75) is 13.5 Å². The van der Waals surface area contributed by atoms with Crippen molar-refractivity contribution < 1.29 is 0 Å². The lowest BCUT2D eigenvalue weighted by Gasteiger charge is -2.28. The monoisotopic (exact) mass is 352 g/mol. The molecule has 0 atom stereocenters. The fourth-order valence-corrected chi connectivity index (χ4v) is 3.00. The summed E-state index contributed by atoms with van der Waals surface area (Å²) in [6.45, 7) is 5.51. The van der Waals surface area contributed by atoms with Gasteiger partial charge in [-0.25, -0.2) is 4.79 Å². The first-order chi connectivity index (χ1) is 11.4. The van der Waals surface area contributed by atoms with E-state index in [0.29, 0.717) is 28.7 Å². The number of hydrogen-bond acceptors (Lipinski definition) is 5. The van der Waals surface area contributed by atoms with Crippen LogP contribution in [0.4, 0.5) is 5.95 Å². The van der Waals surface area contributed by atoms with Gasteiger partial charge in [0.25, 0.3) is 5.56 Å². The number of nitrogens with one attached hydrogen (secondary N) is 1. The number of piperazine rings is 1. The summed E-state index contributed by atoms with van der Waals surface area (Å²) in [5.74, 6) is 0.693. The van der Waals surface area contributed by atoms with Crippen LogP contribution >= 0.6 is 11.6 Å². The van der Waals surface area contributed by atoms with Crippen LogP contribution in [-0.2, 0) is 20.6 Å². The third-order valence-electron chi connectivity index (χ3n) is 4.28. The molecule has 130 valence electrons. The van der Waals surface area contributed by atoms with Gasteiger partial charge >= 0.3 is 5.69 Å². The van der Waals surface area contributed by atoms with E-state index in [1.807, 2.05) is 10.6 Å². The summed E-state index contributed by atoms with van der Waals surface area (Å²) >= 11 is 5.98. The second kappa shape index (κ2) is 6.45. The molecule has 8 nitrogen and oxygen atoms in total. The molecule has 3 rings (SSSR count). The van der Waals surface area contributed by atoms with Gasteiger partial charge in [0.15, 0.2) is 11.2 Å². The van der Waals surface area contributed by atoms with E-state index in [1.165, 1.54) is 11.6 Å². The van der Waals surface area contributed by atoms with Crippen LogP contribution in [0.2, 0.25) is 0 Å². The van der Waals surface area contributed by atoms with Gasteiger partial charge in [0.2, 0.25) is 5.95 Å². The number of halogens is 1. The van der Waals surface area contributed by atoms with Crippen molar-refractivity contribution in [1.82, 2.24) is 24.0 Å². The number of hydrogen-bond donors (Lipinski definition) is 1. The Morgan fingerprint density at radius 3 is 2.54 bits per heavy atom. The molecule has 0 saturated carbocycles. The van der Waals surface area contributed by atoms with Crippen LogP contribution in [-0.4, -0.2) is 44.9 Å². The minimum Gasteiger partial charge on any atom is -0.340 e. The Bertz CT molecular complexity index is 913. The average Bonchev–Trinajstić information content (AvgIpc) is 2.96. The maximum Gasteiger partial charge on any atom is 0.332 e. The summed E-state index contributed by atoms with van der Waals surface area (Å²) in [6, 6.07) is 0. The predicted octanol–water partition coefficient (Wildman–Crippen LogP) is -0.0141. The van der Waals surface area contributed by atoms with Gasteiger partial charge in [0.05, 0.1) is 0 Å². The highest BCUT2D eigenvalue weighted by molar-refractivity contribution is 6.29. The maximum atomic E-state index is 12.7. The molecule has 1 N–H and O–H groups in total. The minimum atomic E-state index is -0.381. The van der Waals surface area contributed by atoms with E-state index in [1.54, 1.807) is 14.0 Å². The predicted molar refractivity (Wildman–Crippen MR) is 94.9 cm³/mol. The zero-order valence-electron chi connectivity index (χ0n) is 14.0. The van der Waals surface area contributed by atoms with Crippen LogP contribution < -0.4 is 21.5 Å². The molecule has 0 bridgehead atoms. The van der Waals surface area contributed by atoms with Crippen molar-refractivity contribution in [3.05, 3.63) is 31.9 Å². The first kappa shape index (κ1) is 16.8. The lowest BCUT2D eigenvalue weighted by Crippen LogP contribution is -2.44. The number of allylic oxidation sites excluding steroid dienone is 2. The first-order valence-corrected chi connectivity index (χ1v) is 8.23. The maximum absolute atomic E-state index is 12.7. The highest BCUT2D eigenvalue weighted by atomic mass is 35.5. The molecule has 0 amide bonds. The van der Waals surface area contributed by atoms with Gasteiger partial charge in [-0.1, -0.05) is 17.7 Å². The Kier molecular flexibility index (Phi) is 4.51. The molecule has 24 heavy (non-hydrogen) atoms. The van der Waals surface area contributed by atoms with Crippen LogP contribution in [0.15, 0.2) is 20.7 Å². The van der Waals surface area contributed by atoms with E-state index in [0.717, 1.165) is 30.7 Å². The smallest absolute Gasteiger partial charge is 0.332 e. The summed E-state index contributed by atoms with van der Waals surface area (Å²) in [6.07, 6.45) is 1.83.